The zero-order valence-electron chi connectivity index (χ0n) is 10.9. The molecule has 0 aliphatic carbocycles. The van der Waals surface area contributed by atoms with Gasteiger partial charge in [0.1, 0.15) is 18.3 Å². The quantitative estimate of drug-likeness (QED) is 0.697. The Bertz CT molecular complexity index is 193. The van der Waals surface area contributed by atoms with Crippen LogP contribution in [-0.4, -0.2) is 50.8 Å². The first-order valence-corrected chi connectivity index (χ1v) is 5.96. The van der Waals surface area contributed by atoms with E-state index in [1.807, 2.05) is 27.7 Å². The smallest absolute Gasteiger partial charge is 0.115 e. The molecule has 96 valence electrons. The van der Waals surface area contributed by atoms with Gasteiger partial charge in [0.15, 0.2) is 0 Å². The van der Waals surface area contributed by atoms with E-state index in [0.29, 0.717) is 13.2 Å². The van der Waals surface area contributed by atoms with Crippen molar-refractivity contribution in [3.8, 4) is 0 Å². The van der Waals surface area contributed by atoms with E-state index >= 15 is 0 Å². The van der Waals surface area contributed by atoms with Gasteiger partial charge in [0.25, 0.3) is 0 Å². The minimum absolute atomic E-state index is 0.0168. The molecule has 0 radical (unpaired) electrons. The van der Waals surface area contributed by atoms with Crippen molar-refractivity contribution in [2.75, 3.05) is 20.3 Å². The van der Waals surface area contributed by atoms with E-state index in [1.165, 1.54) is 0 Å². The van der Waals surface area contributed by atoms with Crippen molar-refractivity contribution >= 4 is 0 Å². The summed E-state index contributed by atoms with van der Waals surface area (Å²) in [5.74, 6) is 0. The van der Waals surface area contributed by atoms with E-state index in [2.05, 4.69) is 0 Å². The Morgan fingerprint density at radius 3 is 2.38 bits per heavy atom. The number of hydrogen-bond acceptors (Lipinski definition) is 4. The van der Waals surface area contributed by atoms with Gasteiger partial charge in [-0.2, -0.15) is 0 Å². The number of hydrogen-bond donors (Lipinski definition) is 0. The van der Waals surface area contributed by atoms with Gasteiger partial charge in [-0.15, -0.1) is 0 Å². The zero-order valence-corrected chi connectivity index (χ0v) is 10.9. The highest BCUT2D eigenvalue weighted by molar-refractivity contribution is 4.86. The highest BCUT2D eigenvalue weighted by Gasteiger charge is 2.39. The van der Waals surface area contributed by atoms with Gasteiger partial charge in [0.05, 0.1) is 25.4 Å². The monoisotopic (exact) mass is 232 g/mol. The van der Waals surface area contributed by atoms with Crippen molar-refractivity contribution in [1.29, 1.82) is 0 Å². The summed E-state index contributed by atoms with van der Waals surface area (Å²) < 4.78 is 22.4. The molecule has 1 aliphatic heterocycles. The van der Waals surface area contributed by atoms with Crippen LogP contribution in [0.2, 0.25) is 0 Å². The molecule has 0 N–H and O–H groups in total. The second kappa shape index (κ2) is 6.55. The second-order valence-corrected chi connectivity index (χ2v) is 4.68. The molecule has 0 aromatic heterocycles. The molecule has 1 fully saturated rings. The minimum atomic E-state index is -0.0243. The number of methoxy groups -OCH3 is 1. The van der Waals surface area contributed by atoms with Crippen molar-refractivity contribution in [3.05, 3.63) is 0 Å². The maximum Gasteiger partial charge on any atom is 0.115 e. The standard InChI is InChI=1S/C12H24O4/c1-8(2)14-7-11-12(16-9(3)4)10(13-5)6-15-11/h8-12H,6-7H2,1-5H3/t10-,11-,12-/m1/s1. The Hall–Kier alpha value is -0.160. The Labute approximate surface area is 98.2 Å². The molecule has 0 spiro atoms. The van der Waals surface area contributed by atoms with Crippen LogP contribution >= 0.6 is 0 Å². The fourth-order valence-corrected chi connectivity index (χ4v) is 1.77. The van der Waals surface area contributed by atoms with Crippen molar-refractivity contribution in [2.45, 2.75) is 58.2 Å². The first-order chi connectivity index (χ1) is 7.54. The maximum atomic E-state index is 5.83. The molecule has 1 saturated heterocycles. The molecule has 0 amide bonds. The van der Waals surface area contributed by atoms with Crippen molar-refractivity contribution in [2.24, 2.45) is 0 Å². The lowest BCUT2D eigenvalue weighted by Crippen LogP contribution is -2.39. The van der Waals surface area contributed by atoms with Crippen LogP contribution in [0.3, 0.4) is 0 Å². The molecule has 4 nitrogen and oxygen atoms in total. The zero-order chi connectivity index (χ0) is 12.1. The summed E-state index contributed by atoms with van der Waals surface area (Å²) in [7, 11) is 1.69. The maximum absolute atomic E-state index is 5.83. The summed E-state index contributed by atoms with van der Waals surface area (Å²) >= 11 is 0. The molecule has 0 aromatic rings. The van der Waals surface area contributed by atoms with Crippen LogP contribution in [0.1, 0.15) is 27.7 Å². The normalized spacial score (nSPS) is 30.6. The highest BCUT2D eigenvalue weighted by atomic mass is 16.6. The van der Waals surface area contributed by atoms with Gasteiger partial charge >= 0.3 is 0 Å². The molecule has 0 aromatic carbocycles. The van der Waals surface area contributed by atoms with Crippen LogP contribution in [-0.2, 0) is 18.9 Å². The first kappa shape index (κ1) is 13.9. The fourth-order valence-electron chi connectivity index (χ4n) is 1.77. The third-order valence-corrected chi connectivity index (χ3v) is 2.53. The van der Waals surface area contributed by atoms with E-state index < -0.39 is 0 Å². The summed E-state index contributed by atoms with van der Waals surface area (Å²) in [6.07, 6.45) is 0.359. The molecular weight excluding hydrogens is 208 g/mol. The van der Waals surface area contributed by atoms with Crippen molar-refractivity contribution in [1.82, 2.24) is 0 Å². The van der Waals surface area contributed by atoms with Crippen molar-refractivity contribution in [3.63, 3.8) is 0 Å². The third-order valence-electron chi connectivity index (χ3n) is 2.53. The Kier molecular flexibility index (Phi) is 5.69. The molecule has 0 saturated carbocycles. The van der Waals surface area contributed by atoms with Gasteiger partial charge in [-0.3, -0.25) is 0 Å². The summed E-state index contributed by atoms with van der Waals surface area (Å²) in [4.78, 5) is 0. The summed E-state index contributed by atoms with van der Waals surface area (Å²) in [6, 6.07) is 0. The van der Waals surface area contributed by atoms with E-state index in [9.17, 15) is 0 Å². The molecule has 1 aliphatic rings. The Morgan fingerprint density at radius 2 is 1.88 bits per heavy atom. The van der Waals surface area contributed by atoms with Crippen LogP contribution in [0.4, 0.5) is 0 Å². The molecular formula is C12H24O4. The molecule has 4 heteroatoms. The topological polar surface area (TPSA) is 36.9 Å². The molecule has 1 rings (SSSR count). The van der Waals surface area contributed by atoms with E-state index in [4.69, 9.17) is 18.9 Å². The van der Waals surface area contributed by atoms with Crippen LogP contribution in [0.5, 0.6) is 0 Å². The third kappa shape index (κ3) is 4.01. The molecule has 16 heavy (non-hydrogen) atoms. The van der Waals surface area contributed by atoms with Gasteiger partial charge in [-0.05, 0) is 27.7 Å². The van der Waals surface area contributed by atoms with Gasteiger partial charge in [0.2, 0.25) is 0 Å². The lowest BCUT2D eigenvalue weighted by Gasteiger charge is -2.25. The number of rotatable bonds is 6. The lowest BCUT2D eigenvalue weighted by atomic mass is 10.1. The minimum Gasteiger partial charge on any atom is -0.376 e. The molecule has 1 heterocycles. The first-order valence-electron chi connectivity index (χ1n) is 5.96. The van der Waals surface area contributed by atoms with E-state index in [1.54, 1.807) is 7.11 Å². The number of ether oxygens (including phenoxy) is 4. The average Bonchev–Trinajstić information content (AvgIpc) is 2.56. The van der Waals surface area contributed by atoms with Crippen LogP contribution in [0.25, 0.3) is 0 Å². The van der Waals surface area contributed by atoms with Gasteiger partial charge in [-0.25, -0.2) is 0 Å². The summed E-state index contributed by atoms with van der Waals surface area (Å²) in [5, 5.41) is 0. The predicted molar refractivity (Wildman–Crippen MR) is 61.6 cm³/mol. The molecule has 0 bridgehead atoms. The second-order valence-electron chi connectivity index (χ2n) is 4.68. The molecule has 3 atom stereocenters. The lowest BCUT2D eigenvalue weighted by molar-refractivity contribution is -0.0976. The van der Waals surface area contributed by atoms with Crippen molar-refractivity contribution < 1.29 is 18.9 Å². The largest absolute Gasteiger partial charge is 0.376 e. The molecule has 0 unspecified atom stereocenters. The SMILES string of the molecule is CO[C@@H]1CO[C@H](COC(C)C)[C@@H]1OC(C)C. The summed E-state index contributed by atoms with van der Waals surface area (Å²) in [5.41, 5.74) is 0. The van der Waals surface area contributed by atoms with Gasteiger partial charge < -0.3 is 18.9 Å². The van der Waals surface area contributed by atoms with E-state index in [0.717, 1.165) is 0 Å². The fraction of sp³-hybridized carbons (Fsp3) is 1.00. The average molecular weight is 232 g/mol. The van der Waals surface area contributed by atoms with Gasteiger partial charge in [0, 0.05) is 7.11 Å². The van der Waals surface area contributed by atoms with E-state index in [-0.39, 0.29) is 30.5 Å². The summed E-state index contributed by atoms with van der Waals surface area (Å²) in [6.45, 7) is 9.22. The van der Waals surface area contributed by atoms with Gasteiger partial charge in [-0.1, -0.05) is 0 Å². The Balaban J connectivity index is 2.48. The predicted octanol–water partition coefficient (Wildman–Crippen LogP) is 1.62. The van der Waals surface area contributed by atoms with Crippen LogP contribution in [0, 0.1) is 0 Å². The van der Waals surface area contributed by atoms with Crippen LogP contribution in [0.15, 0.2) is 0 Å². The highest BCUT2D eigenvalue weighted by Crippen LogP contribution is 2.22. The Morgan fingerprint density at radius 1 is 1.19 bits per heavy atom. The van der Waals surface area contributed by atoms with Crippen LogP contribution < -0.4 is 0 Å².